The number of hydrogen-bond donors (Lipinski definition) is 2. The van der Waals surface area contributed by atoms with Crippen molar-refractivity contribution in [3.8, 4) is 0 Å². The normalized spacial score (nSPS) is 15.0. The van der Waals surface area contributed by atoms with Gasteiger partial charge >= 0.3 is 12.4 Å². The third kappa shape index (κ3) is 5.95. The molecule has 0 saturated heterocycles. The molecule has 4 rings (SSSR count). The van der Waals surface area contributed by atoms with Crippen LogP contribution in [-0.2, 0) is 36.8 Å². The summed E-state index contributed by atoms with van der Waals surface area (Å²) in [6.45, 7) is 2.47. The molecule has 1 aliphatic rings. The summed E-state index contributed by atoms with van der Waals surface area (Å²) in [5, 5.41) is 19.3. The molecule has 3 aromatic heterocycles. The molecular weight excluding hydrogens is 534 g/mol. The van der Waals surface area contributed by atoms with E-state index in [4.69, 9.17) is 16.3 Å². The molecule has 0 fully saturated rings. The van der Waals surface area contributed by atoms with Crippen LogP contribution in [0.4, 0.5) is 37.8 Å². The summed E-state index contributed by atoms with van der Waals surface area (Å²) in [6.07, 6.45) is -8.59. The summed E-state index contributed by atoms with van der Waals surface area (Å²) in [5.41, 5.74) is -3.33. The quantitative estimate of drug-likeness (QED) is 0.428. The first-order valence-electron chi connectivity index (χ1n) is 10.7. The summed E-state index contributed by atoms with van der Waals surface area (Å²) in [7, 11) is 0. The topological polar surface area (TPSA) is 114 Å². The first kappa shape index (κ1) is 26.7. The number of ether oxygens (including phenoxy) is 1. The zero-order valence-corrected chi connectivity index (χ0v) is 19.7. The lowest BCUT2D eigenvalue weighted by molar-refractivity contribution is -0.141. The van der Waals surface area contributed by atoms with Crippen LogP contribution in [0.15, 0.2) is 23.1 Å². The van der Waals surface area contributed by atoms with Gasteiger partial charge in [0.1, 0.15) is 11.3 Å². The van der Waals surface area contributed by atoms with Crippen molar-refractivity contribution in [2.45, 2.75) is 45.0 Å². The maximum atomic E-state index is 13.2. The van der Waals surface area contributed by atoms with E-state index in [1.54, 1.807) is 21.6 Å². The minimum absolute atomic E-state index is 0.0457. The standard InChI is InChI=1S/C20H19ClF6N8O2/c1-10(29-11-6-28-32-18(36)16(11)20(25,26)27)8-37-9-12-17(21)13-7-34(4-5-35(13)33-12)15-3-2-14(30-31-15)19(22,23)24/h2-3,6,10H,4-5,7-9H2,1H3,(H2,29,32,36)/t10-/m0/s1. The molecule has 17 heteroatoms. The Hall–Kier alpha value is -3.40. The van der Waals surface area contributed by atoms with Gasteiger partial charge in [0.25, 0.3) is 5.56 Å². The zero-order chi connectivity index (χ0) is 27.0. The van der Waals surface area contributed by atoms with Crippen LogP contribution in [0.5, 0.6) is 0 Å². The maximum Gasteiger partial charge on any atom is 0.435 e. The largest absolute Gasteiger partial charge is 0.435 e. The number of hydrogen-bond acceptors (Lipinski definition) is 8. The van der Waals surface area contributed by atoms with Crippen molar-refractivity contribution in [1.82, 2.24) is 30.2 Å². The number of H-pyrrole nitrogens is 1. The van der Waals surface area contributed by atoms with E-state index in [-0.39, 0.29) is 25.6 Å². The highest BCUT2D eigenvalue weighted by Crippen LogP contribution is 2.32. The molecule has 0 aromatic carbocycles. The Bertz CT molecular complexity index is 1310. The van der Waals surface area contributed by atoms with Crippen LogP contribution in [0.1, 0.15) is 29.6 Å². The van der Waals surface area contributed by atoms with Gasteiger partial charge in [0, 0.05) is 12.6 Å². The van der Waals surface area contributed by atoms with E-state index in [2.05, 4.69) is 25.7 Å². The minimum atomic E-state index is -4.87. The average molecular weight is 553 g/mol. The number of halogens is 7. The van der Waals surface area contributed by atoms with Crippen molar-refractivity contribution >= 4 is 23.1 Å². The summed E-state index contributed by atoms with van der Waals surface area (Å²) < 4.78 is 85.0. The Kier molecular flexibility index (Phi) is 7.32. The number of rotatable bonds is 7. The maximum absolute atomic E-state index is 13.2. The number of nitrogens with one attached hydrogen (secondary N) is 2. The molecular formula is C20H19ClF6N8O2. The van der Waals surface area contributed by atoms with Gasteiger partial charge in [-0.1, -0.05) is 11.6 Å². The van der Waals surface area contributed by atoms with Crippen molar-refractivity contribution in [1.29, 1.82) is 0 Å². The van der Waals surface area contributed by atoms with E-state index in [0.29, 0.717) is 29.5 Å². The lowest BCUT2D eigenvalue weighted by atomic mass is 10.2. The SMILES string of the molecule is C[C@@H](COCc1nn2c(c1Cl)CN(c1ccc(C(F)(F)F)nn1)CC2)Nc1cn[nH]c(=O)c1C(F)(F)F. The molecule has 4 heterocycles. The van der Waals surface area contributed by atoms with Gasteiger partial charge in [-0.2, -0.15) is 36.5 Å². The van der Waals surface area contributed by atoms with Gasteiger partial charge in [-0.3, -0.25) is 9.48 Å². The first-order valence-corrected chi connectivity index (χ1v) is 11.1. The number of aromatic amines is 1. The van der Waals surface area contributed by atoms with Gasteiger partial charge in [0.05, 0.1) is 48.9 Å². The van der Waals surface area contributed by atoms with Crippen molar-refractivity contribution in [3.63, 3.8) is 0 Å². The number of anilines is 2. The predicted octanol–water partition coefficient (Wildman–Crippen LogP) is 3.48. The van der Waals surface area contributed by atoms with Crippen molar-refractivity contribution in [2.75, 3.05) is 23.4 Å². The Labute approximate surface area is 209 Å². The highest BCUT2D eigenvalue weighted by molar-refractivity contribution is 6.31. The summed E-state index contributed by atoms with van der Waals surface area (Å²) in [5.74, 6) is 0.252. The predicted molar refractivity (Wildman–Crippen MR) is 118 cm³/mol. The fourth-order valence-corrected chi connectivity index (χ4v) is 3.95. The van der Waals surface area contributed by atoms with E-state index in [0.717, 1.165) is 12.3 Å². The second kappa shape index (κ2) is 10.2. The van der Waals surface area contributed by atoms with E-state index in [1.807, 2.05) is 0 Å². The number of aromatic nitrogens is 6. The fourth-order valence-electron chi connectivity index (χ4n) is 3.70. The first-order chi connectivity index (χ1) is 17.3. The van der Waals surface area contributed by atoms with Crippen molar-refractivity contribution in [3.05, 3.63) is 56.4 Å². The monoisotopic (exact) mass is 552 g/mol. The van der Waals surface area contributed by atoms with E-state index in [9.17, 15) is 31.1 Å². The summed E-state index contributed by atoms with van der Waals surface area (Å²) in [6, 6.07) is 1.45. The molecule has 0 radical (unpaired) electrons. The molecule has 3 aromatic rings. The number of alkyl halides is 6. The van der Waals surface area contributed by atoms with Gasteiger partial charge in [0.15, 0.2) is 11.5 Å². The van der Waals surface area contributed by atoms with Crippen LogP contribution in [-0.4, -0.2) is 49.4 Å². The van der Waals surface area contributed by atoms with Gasteiger partial charge in [-0.15, -0.1) is 10.2 Å². The molecule has 0 unspecified atom stereocenters. The minimum Gasteiger partial charge on any atom is -0.378 e. The van der Waals surface area contributed by atoms with Crippen LogP contribution in [0.25, 0.3) is 0 Å². The summed E-state index contributed by atoms with van der Waals surface area (Å²) in [4.78, 5) is 13.3. The van der Waals surface area contributed by atoms with Crippen LogP contribution >= 0.6 is 11.6 Å². The average Bonchev–Trinajstić information content (AvgIpc) is 3.12. The molecule has 1 aliphatic heterocycles. The van der Waals surface area contributed by atoms with Crippen LogP contribution in [0, 0.1) is 0 Å². The fraction of sp³-hybridized carbons (Fsp3) is 0.450. The molecule has 0 amide bonds. The second-order valence-electron chi connectivity index (χ2n) is 8.17. The van der Waals surface area contributed by atoms with Crippen LogP contribution < -0.4 is 15.8 Å². The second-order valence-corrected chi connectivity index (χ2v) is 8.55. The molecule has 37 heavy (non-hydrogen) atoms. The molecule has 1 atom stereocenters. The molecule has 0 saturated carbocycles. The van der Waals surface area contributed by atoms with Gasteiger partial charge in [-0.25, -0.2) is 5.10 Å². The highest BCUT2D eigenvalue weighted by atomic mass is 35.5. The number of nitrogens with zero attached hydrogens (tertiary/aromatic N) is 6. The molecule has 200 valence electrons. The highest BCUT2D eigenvalue weighted by Gasteiger charge is 2.37. The summed E-state index contributed by atoms with van der Waals surface area (Å²) >= 11 is 6.45. The Morgan fingerprint density at radius 1 is 1.16 bits per heavy atom. The zero-order valence-electron chi connectivity index (χ0n) is 19.0. The van der Waals surface area contributed by atoms with Crippen LogP contribution in [0.2, 0.25) is 5.02 Å². The Balaban J connectivity index is 1.36. The van der Waals surface area contributed by atoms with Crippen molar-refractivity contribution < 1.29 is 31.1 Å². The lowest BCUT2D eigenvalue weighted by Crippen LogP contribution is -2.34. The lowest BCUT2D eigenvalue weighted by Gasteiger charge is -2.28. The Morgan fingerprint density at radius 2 is 1.92 bits per heavy atom. The molecule has 0 bridgehead atoms. The third-order valence-corrected chi connectivity index (χ3v) is 5.83. The Morgan fingerprint density at radius 3 is 2.57 bits per heavy atom. The third-order valence-electron chi connectivity index (χ3n) is 5.40. The molecule has 0 aliphatic carbocycles. The van der Waals surface area contributed by atoms with Crippen molar-refractivity contribution in [2.24, 2.45) is 0 Å². The smallest absolute Gasteiger partial charge is 0.378 e. The molecule has 2 N–H and O–H groups in total. The van der Waals surface area contributed by atoms with E-state index in [1.165, 1.54) is 6.07 Å². The molecule has 0 spiro atoms. The van der Waals surface area contributed by atoms with Crippen LogP contribution in [0.3, 0.4) is 0 Å². The van der Waals surface area contributed by atoms with E-state index < -0.39 is 40.9 Å². The van der Waals surface area contributed by atoms with E-state index >= 15 is 0 Å². The van der Waals surface area contributed by atoms with Gasteiger partial charge in [0.2, 0.25) is 0 Å². The van der Waals surface area contributed by atoms with Gasteiger partial charge < -0.3 is 15.0 Å². The number of fused-ring (bicyclic) bond motifs is 1. The molecule has 10 nitrogen and oxygen atoms in total. The van der Waals surface area contributed by atoms with Gasteiger partial charge in [-0.05, 0) is 19.1 Å².